The second-order valence-corrected chi connectivity index (χ2v) is 9.75. The minimum absolute atomic E-state index is 0.131. The summed E-state index contributed by atoms with van der Waals surface area (Å²) in [6, 6.07) is 22.7. The van der Waals surface area contributed by atoms with Crippen LogP contribution in [0.1, 0.15) is 43.7 Å². The number of carbonyl (C=O) groups is 1. The minimum atomic E-state index is -0.336. The van der Waals surface area contributed by atoms with E-state index in [2.05, 4.69) is 20.4 Å². The van der Waals surface area contributed by atoms with Crippen LogP contribution in [0, 0.1) is 0 Å². The molecule has 1 aliphatic rings. The van der Waals surface area contributed by atoms with Crippen LogP contribution < -0.4 is 10.9 Å². The van der Waals surface area contributed by atoms with Gasteiger partial charge in [-0.3, -0.25) is 14.2 Å². The summed E-state index contributed by atoms with van der Waals surface area (Å²) >= 11 is 0. The average molecular weight is 512 g/mol. The Kier molecular flexibility index (Phi) is 8.09. The lowest BCUT2D eigenvalue weighted by Crippen LogP contribution is -2.35. The van der Waals surface area contributed by atoms with Gasteiger partial charge in [0.1, 0.15) is 6.54 Å². The second-order valence-electron chi connectivity index (χ2n) is 9.75. The van der Waals surface area contributed by atoms with Crippen LogP contribution in [0.15, 0.2) is 82.1 Å². The molecule has 2 aromatic carbocycles. The van der Waals surface area contributed by atoms with E-state index in [1.807, 2.05) is 73.7 Å². The van der Waals surface area contributed by atoms with Gasteiger partial charge in [-0.15, -0.1) is 0 Å². The van der Waals surface area contributed by atoms with Crippen LogP contribution >= 0.6 is 0 Å². The van der Waals surface area contributed by atoms with E-state index in [-0.39, 0.29) is 29.9 Å². The summed E-state index contributed by atoms with van der Waals surface area (Å²) in [5.41, 5.74) is 2.46. The van der Waals surface area contributed by atoms with Crippen molar-refractivity contribution in [1.29, 1.82) is 0 Å². The van der Waals surface area contributed by atoms with Gasteiger partial charge in [0.05, 0.1) is 17.3 Å². The van der Waals surface area contributed by atoms with Gasteiger partial charge in [-0.2, -0.15) is 4.98 Å². The van der Waals surface area contributed by atoms with Gasteiger partial charge in [-0.25, -0.2) is 0 Å². The molecule has 0 bridgehead atoms. The summed E-state index contributed by atoms with van der Waals surface area (Å²) in [7, 11) is 0. The lowest BCUT2D eigenvalue weighted by molar-refractivity contribution is -0.122. The number of piperidine rings is 1. The topological polar surface area (TPSA) is 93.3 Å². The number of hydrogen-bond donors (Lipinski definition) is 1. The zero-order valence-electron chi connectivity index (χ0n) is 21.7. The summed E-state index contributed by atoms with van der Waals surface area (Å²) in [6.07, 6.45) is 4.37. The van der Waals surface area contributed by atoms with Gasteiger partial charge in [0.15, 0.2) is 0 Å². The monoisotopic (exact) mass is 511 g/mol. The van der Waals surface area contributed by atoms with Gasteiger partial charge in [-0.05, 0) is 56.1 Å². The molecule has 8 heteroatoms. The maximum absolute atomic E-state index is 13.7. The van der Waals surface area contributed by atoms with Crippen LogP contribution in [0.25, 0.3) is 22.6 Å². The van der Waals surface area contributed by atoms with Crippen molar-refractivity contribution in [2.24, 2.45) is 0 Å². The third-order valence-electron chi connectivity index (χ3n) is 7.02. The van der Waals surface area contributed by atoms with Crippen molar-refractivity contribution in [1.82, 2.24) is 24.9 Å². The summed E-state index contributed by atoms with van der Waals surface area (Å²) in [6.45, 7) is 4.84. The molecule has 4 aromatic rings. The highest BCUT2D eigenvalue weighted by molar-refractivity contribution is 5.77. The van der Waals surface area contributed by atoms with Gasteiger partial charge in [0.2, 0.25) is 17.6 Å². The Hall–Kier alpha value is -4.04. The fourth-order valence-electron chi connectivity index (χ4n) is 4.92. The third kappa shape index (κ3) is 6.08. The Morgan fingerprint density at radius 3 is 2.42 bits per heavy atom. The van der Waals surface area contributed by atoms with Crippen molar-refractivity contribution in [3.8, 4) is 22.6 Å². The number of hydrogen-bond acceptors (Lipinski definition) is 6. The largest absolute Gasteiger partial charge is 0.348 e. The first kappa shape index (κ1) is 25.6. The summed E-state index contributed by atoms with van der Waals surface area (Å²) < 4.78 is 6.97. The Morgan fingerprint density at radius 1 is 0.974 bits per heavy atom. The van der Waals surface area contributed by atoms with Crippen molar-refractivity contribution < 1.29 is 9.32 Å². The molecule has 3 heterocycles. The molecular weight excluding hydrogens is 478 g/mol. The minimum Gasteiger partial charge on any atom is -0.348 e. The van der Waals surface area contributed by atoms with E-state index in [1.54, 1.807) is 6.07 Å². The number of aromatic nitrogens is 3. The number of benzene rings is 2. The highest BCUT2D eigenvalue weighted by Crippen LogP contribution is 2.21. The molecule has 0 spiro atoms. The molecule has 0 saturated carbocycles. The lowest BCUT2D eigenvalue weighted by atomic mass is 10.1. The zero-order chi connectivity index (χ0) is 26.3. The fraction of sp³-hybridized carbons (Fsp3) is 0.333. The molecule has 196 valence electrons. The smallest absolute Gasteiger partial charge is 0.262 e. The Labute approximate surface area is 222 Å². The van der Waals surface area contributed by atoms with Crippen LogP contribution in [0.5, 0.6) is 0 Å². The molecule has 2 aromatic heterocycles. The number of carbonyl (C=O) groups excluding carboxylic acids is 1. The Bertz CT molecular complexity index is 1410. The molecule has 1 amide bonds. The molecule has 1 fully saturated rings. The summed E-state index contributed by atoms with van der Waals surface area (Å²) in [4.78, 5) is 33.7. The fourth-order valence-corrected chi connectivity index (χ4v) is 4.92. The molecule has 5 rings (SSSR count). The number of pyridine rings is 1. The van der Waals surface area contributed by atoms with Crippen LogP contribution in [0.3, 0.4) is 0 Å². The van der Waals surface area contributed by atoms with E-state index in [0.29, 0.717) is 23.6 Å². The van der Waals surface area contributed by atoms with Crippen molar-refractivity contribution >= 4 is 5.91 Å². The zero-order valence-corrected chi connectivity index (χ0v) is 21.7. The molecule has 1 saturated heterocycles. The van der Waals surface area contributed by atoms with Crippen molar-refractivity contribution in [2.45, 2.75) is 45.2 Å². The SMILES string of the molecule is CC(NC(=O)Cn1c(-c2ccccc2)ccc(-c2noc(CCN3CCCCC3)n2)c1=O)c1ccccc1. The molecule has 1 atom stereocenters. The van der Waals surface area contributed by atoms with Gasteiger partial charge in [0, 0.05) is 13.0 Å². The predicted molar refractivity (Wildman–Crippen MR) is 146 cm³/mol. The van der Waals surface area contributed by atoms with Gasteiger partial charge >= 0.3 is 0 Å². The molecule has 1 unspecified atom stereocenters. The first-order valence-electron chi connectivity index (χ1n) is 13.3. The third-order valence-corrected chi connectivity index (χ3v) is 7.02. The number of nitrogens with one attached hydrogen (secondary N) is 1. The maximum Gasteiger partial charge on any atom is 0.262 e. The van der Waals surface area contributed by atoms with Crippen LogP contribution in [-0.4, -0.2) is 45.1 Å². The first-order chi connectivity index (χ1) is 18.6. The molecule has 0 aliphatic carbocycles. The van der Waals surface area contributed by atoms with E-state index < -0.39 is 0 Å². The molecule has 38 heavy (non-hydrogen) atoms. The van der Waals surface area contributed by atoms with Crippen molar-refractivity contribution in [2.75, 3.05) is 19.6 Å². The second kappa shape index (κ2) is 12.0. The van der Waals surface area contributed by atoms with E-state index in [0.717, 1.165) is 30.8 Å². The standard InChI is InChI=1S/C30H33N5O3/c1-22(23-11-5-2-6-12-23)31-27(36)21-35-26(24-13-7-3-8-14-24)16-15-25(30(35)37)29-32-28(38-33-29)17-20-34-18-9-4-10-19-34/h2-3,5-8,11-16,22H,4,9-10,17-21H2,1H3,(H,31,36). The number of amides is 1. The van der Waals surface area contributed by atoms with E-state index in [1.165, 1.54) is 23.8 Å². The first-order valence-corrected chi connectivity index (χ1v) is 13.3. The van der Waals surface area contributed by atoms with Gasteiger partial charge in [0.25, 0.3) is 5.56 Å². The van der Waals surface area contributed by atoms with E-state index >= 15 is 0 Å². The molecular formula is C30H33N5O3. The molecule has 8 nitrogen and oxygen atoms in total. The average Bonchev–Trinajstić information content (AvgIpc) is 3.43. The van der Waals surface area contributed by atoms with Gasteiger partial charge < -0.3 is 14.7 Å². The van der Waals surface area contributed by atoms with Crippen molar-refractivity contribution in [3.63, 3.8) is 0 Å². The van der Waals surface area contributed by atoms with Crippen LogP contribution in [0.2, 0.25) is 0 Å². The summed E-state index contributed by atoms with van der Waals surface area (Å²) in [5.74, 6) is 0.501. The van der Waals surface area contributed by atoms with Crippen molar-refractivity contribution in [3.05, 3.63) is 94.6 Å². The lowest BCUT2D eigenvalue weighted by Gasteiger charge is -2.25. The Morgan fingerprint density at radius 2 is 1.68 bits per heavy atom. The number of rotatable bonds is 9. The van der Waals surface area contributed by atoms with Gasteiger partial charge in [-0.1, -0.05) is 72.2 Å². The Balaban J connectivity index is 1.39. The van der Waals surface area contributed by atoms with Crippen LogP contribution in [-0.2, 0) is 17.8 Å². The highest BCUT2D eigenvalue weighted by Gasteiger charge is 2.20. The van der Waals surface area contributed by atoms with E-state index in [4.69, 9.17) is 4.52 Å². The predicted octanol–water partition coefficient (Wildman–Crippen LogP) is 4.47. The quantitative estimate of drug-likeness (QED) is 0.356. The van der Waals surface area contributed by atoms with Crippen LogP contribution in [0.4, 0.5) is 0 Å². The number of likely N-dealkylation sites (tertiary alicyclic amines) is 1. The molecule has 1 N–H and O–H groups in total. The molecule has 1 aliphatic heterocycles. The van der Waals surface area contributed by atoms with E-state index in [9.17, 15) is 9.59 Å². The summed E-state index contributed by atoms with van der Waals surface area (Å²) in [5, 5.41) is 7.11. The normalized spacial score (nSPS) is 14.8. The maximum atomic E-state index is 13.7. The number of nitrogens with zero attached hydrogens (tertiary/aromatic N) is 4. The highest BCUT2D eigenvalue weighted by atomic mass is 16.5. The molecule has 0 radical (unpaired) electrons.